The van der Waals surface area contributed by atoms with Crippen molar-refractivity contribution >= 4 is 11.8 Å². The number of rotatable bonds is 5. The van der Waals surface area contributed by atoms with Crippen molar-refractivity contribution < 1.29 is 22.6 Å². The maximum Gasteiger partial charge on any atom is 0.435 e. The van der Waals surface area contributed by atoms with E-state index in [1.165, 1.54) is 6.07 Å². The van der Waals surface area contributed by atoms with Crippen LogP contribution in [0.25, 0.3) is 0 Å². The van der Waals surface area contributed by atoms with Gasteiger partial charge < -0.3 is 9.47 Å². The molecule has 29 heavy (non-hydrogen) atoms. The van der Waals surface area contributed by atoms with Gasteiger partial charge in [0, 0.05) is 6.54 Å². The van der Waals surface area contributed by atoms with Gasteiger partial charge in [0.25, 0.3) is 0 Å². The Morgan fingerprint density at radius 1 is 1.10 bits per heavy atom. The van der Waals surface area contributed by atoms with E-state index in [4.69, 9.17) is 9.47 Å². The van der Waals surface area contributed by atoms with E-state index in [1.54, 1.807) is 16.7 Å². The molecule has 3 aromatic rings. The molecule has 3 heterocycles. The third-order valence-electron chi connectivity index (χ3n) is 3.98. The number of para-hydroxylation sites is 2. The molecule has 0 spiro atoms. The standard InChI is InChI=1S/C18H14F3N5O2S/c1-2-9-26-16(13-10-27-11-5-3-4-6-12(11)28-13)24-25-17(26)29-15-8-7-14(22-23-15)18(19,20)21/h2-8,13H,1,9-10H2. The highest BCUT2D eigenvalue weighted by molar-refractivity contribution is 7.99. The SMILES string of the molecule is C=CCn1c(Sc2ccc(C(F)(F)F)nn2)nnc1C1COc2ccccc2O1. The predicted octanol–water partition coefficient (Wildman–Crippen LogP) is 3.94. The molecule has 2 aromatic heterocycles. The average molecular weight is 421 g/mol. The lowest BCUT2D eigenvalue weighted by Crippen LogP contribution is -2.25. The minimum Gasteiger partial charge on any atom is -0.485 e. The minimum atomic E-state index is -4.54. The number of allylic oxidation sites excluding steroid dienone is 1. The van der Waals surface area contributed by atoms with Crippen LogP contribution < -0.4 is 9.47 Å². The van der Waals surface area contributed by atoms with Crippen molar-refractivity contribution in [2.24, 2.45) is 0 Å². The first-order valence-corrected chi connectivity index (χ1v) is 9.28. The number of hydrogen-bond donors (Lipinski definition) is 0. The Morgan fingerprint density at radius 3 is 2.59 bits per heavy atom. The summed E-state index contributed by atoms with van der Waals surface area (Å²) in [7, 11) is 0. The summed E-state index contributed by atoms with van der Waals surface area (Å²) >= 11 is 1.05. The molecule has 1 atom stereocenters. The fourth-order valence-corrected chi connectivity index (χ4v) is 3.45. The Morgan fingerprint density at radius 2 is 1.90 bits per heavy atom. The van der Waals surface area contributed by atoms with Crippen molar-refractivity contribution in [1.29, 1.82) is 0 Å². The Kier molecular flexibility index (Phi) is 5.14. The number of benzene rings is 1. The largest absolute Gasteiger partial charge is 0.485 e. The quantitative estimate of drug-likeness (QED) is 0.578. The van der Waals surface area contributed by atoms with Gasteiger partial charge in [-0.3, -0.25) is 4.57 Å². The van der Waals surface area contributed by atoms with Crippen molar-refractivity contribution in [3.05, 3.63) is 60.6 Å². The second-order valence-corrected chi connectivity index (χ2v) is 6.95. The third-order valence-corrected chi connectivity index (χ3v) is 4.89. The van der Waals surface area contributed by atoms with Gasteiger partial charge in [-0.2, -0.15) is 13.2 Å². The molecule has 0 fully saturated rings. The number of halogens is 3. The van der Waals surface area contributed by atoms with E-state index in [9.17, 15) is 13.2 Å². The van der Waals surface area contributed by atoms with E-state index in [1.807, 2.05) is 18.2 Å². The molecular weight excluding hydrogens is 407 g/mol. The zero-order valence-electron chi connectivity index (χ0n) is 14.8. The average Bonchev–Trinajstić information content (AvgIpc) is 3.10. The summed E-state index contributed by atoms with van der Waals surface area (Å²) in [6.07, 6.45) is -3.38. The van der Waals surface area contributed by atoms with Crippen molar-refractivity contribution in [3.8, 4) is 11.5 Å². The fraction of sp³-hybridized carbons (Fsp3) is 0.222. The van der Waals surface area contributed by atoms with Gasteiger partial charge in [-0.25, -0.2) is 0 Å². The fourth-order valence-electron chi connectivity index (χ4n) is 2.68. The minimum absolute atomic E-state index is 0.247. The van der Waals surface area contributed by atoms with Crippen LogP contribution in [0.5, 0.6) is 11.5 Å². The number of hydrogen-bond acceptors (Lipinski definition) is 7. The summed E-state index contributed by atoms with van der Waals surface area (Å²) in [5.41, 5.74) is -1.05. The molecule has 11 heteroatoms. The van der Waals surface area contributed by atoms with Crippen molar-refractivity contribution in [2.75, 3.05) is 6.61 Å². The molecule has 7 nitrogen and oxygen atoms in total. The van der Waals surface area contributed by atoms with E-state index in [0.717, 1.165) is 17.8 Å². The van der Waals surface area contributed by atoms with E-state index >= 15 is 0 Å². The summed E-state index contributed by atoms with van der Waals surface area (Å²) in [5.74, 6) is 1.76. The number of fused-ring (bicyclic) bond motifs is 1. The highest BCUT2D eigenvalue weighted by Crippen LogP contribution is 2.36. The molecule has 0 amide bonds. The lowest BCUT2D eigenvalue weighted by Gasteiger charge is -2.26. The molecule has 0 saturated heterocycles. The highest BCUT2D eigenvalue weighted by Gasteiger charge is 2.33. The molecule has 150 valence electrons. The van der Waals surface area contributed by atoms with Gasteiger partial charge in [0.15, 0.2) is 34.3 Å². The smallest absolute Gasteiger partial charge is 0.435 e. The molecule has 0 saturated carbocycles. The van der Waals surface area contributed by atoms with Crippen molar-refractivity contribution in [1.82, 2.24) is 25.0 Å². The van der Waals surface area contributed by atoms with Crippen molar-refractivity contribution in [3.63, 3.8) is 0 Å². The summed E-state index contributed by atoms with van der Waals surface area (Å²) in [6, 6.07) is 9.41. The molecule has 1 aromatic carbocycles. The normalized spacial score (nSPS) is 15.9. The third kappa shape index (κ3) is 4.04. The Labute approximate surface area is 167 Å². The van der Waals surface area contributed by atoms with Crippen LogP contribution >= 0.6 is 11.8 Å². The Bertz CT molecular complexity index is 1020. The van der Waals surface area contributed by atoms with Crippen molar-refractivity contribution in [2.45, 2.75) is 29.0 Å². The first kappa shape index (κ1) is 19.2. The summed E-state index contributed by atoms with van der Waals surface area (Å²) in [4.78, 5) is 0. The number of ether oxygens (including phenoxy) is 2. The molecule has 0 aliphatic carbocycles. The van der Waals surface area contributed by atoms with Gasteiger partial charge in [0.05, 0.1) is 0 Å². The summed E-state index contributed by atoms with van der Waals surface area (Å²) in [5, 5.41) is 15.9. The van der Waals surface area contributed by atoms with E-state index in [-0.39, 0.29) is 11.6 Å². The predicted molar refractivity (Wildman–Crippen MR) is 96.7 cm³/mol. The summed E-state index contributed by atoms with van der Waals surface area (Å²) in [6.45, 7) is 4.36. The molecule has 1 aliphatic heterocycles. The first-order valence-electron chi connectivity index (χ1n) is 8.47. The molecule has 4 rings (SSSR count). The zero-order valence-corrected chi connectivity index (χ0v) is 15.7. The van der Waals surface area contributed by atoms with Gasteiger partial charge in [-0.1, -0.05) is 18.2 Å². The highest BCUT2D eigenvalue weighted by atomic mass is 32.2. The Balaban J connectivity index is 1.58. The van der Waals surface area contributed by atoms with Gasteiger partial charge in [-0.15, -0.1) is 27.0 Å². The van der Waals surface area contributed by atoms with Crippen LogP contribution in [0.2, 0.25) is 0 Å². The maximum atomic E-state index is 12.7. The number of nitrogens with zero attached hydrogens (tertiary/aromatic N) is 5. The van der Waals surface area contributed by atoms with Crippen LogP contribution in [-0.2, 0) is 12.7 Å². The van der Waals surface area contributed by atoms with Gasteiger partial charge in [0.1, 0.15) is 11.6 Å². The number of aromatic nitrogens is 5. The van der Waals surface area contributed by atoms with Crippen LogP contribution in [-0.4, -0.2) is 31.6 Å². The van der Waals surface area contributed by atoms with Crippen LogP contribution in [0.1, 0.15) is 17.6 Å². The topological polar surface area (TPSA) is 75.0 Å². The van der Waals surface area contributed by atoms with Gasteiger partial charge in [0.2, 0.25) is 0 Å². The molecule has 0 radical (unpaired) electrons. The molecule has 0 bridgehead atoms. The first-order chi connectivity index (χ1) is 14.0. The van der Waals surface area contributed by atoms with E-state index < -0.39 is 18.0 Å². The van der Waals surface area contributed by atoms with Crippen LogP contribution in [0.3, 0.4) is 0 Å². The lowest BCUT2D eigenvalue weighted by atomic mass is 10.2. The molecular formula is C18H14F3N5O2S. The van der Waals surface area contributed by atoms with E-state index in [0.29, 0.717) is 29.0 Å². The lowest BCUT2D eigenvalue weighted by molar-refractivity contribution is -0.141. The second kappa shape index (κ2) is 7.74. The summed E-state index contributed by atoms with van der Waals surface area (Å²) < 4.78 is 51.4. The maximum absolute atomic E-state index is 12.7. The van der Waals surface area contributed by atoms with Crippen LogP contribution in [0.15, 0.2) is 59.2 Å². The zero-order chi connectivity index (χ0) is 20.4. The molecule has 0 N–H and O–H groups in total. The van der Waals surface area contributed by atoms with Crippen LogP contribution in [0.4, 0.5) is 13.2 Å². The monoisotopic (exact) mass is 421 g/mol. The second-order valence-electron chi connectivity index (χ2n) is 5.96. The van der Waals surface area contributed by atoms with Gasteiger partial charge in [-0.05, 0) is 36.0 Å². The molecule has 1 unspecified atom stereocenters. The molecule has 1 aliphatic rings. The Hall–Kier alpha value is -3.08. The number of alkyl halides is 3. The van der Waals surface area contributed by atoms with Crippen LogP contribution in [0, 0.1) is 0 Å². The van der Waals surface area contributed by atoms with Gasteiger partial charge >= 0.3 is 6.18 Å². The van der Waals surface area contributed by atoms with E-state index in [2.05, 4.69) is 27.0 Å².